The number of halogens is 2. The highest BCUT2D eigenvalue weighted by molar-refractivity contribution is 6.36. The molecule has 1 aromatic carbocycles. The first-order valence-corrected chi connectivity index (χ1v) is 6.83. The Morgan fingerprint density at radius 3 is 2.24 bits per heavy atom. The van der Waals surface area contributed by atoms with Crippen molar-refractivity contribution in [3.63, 3.8) is 0 Å². The summed E-state index contributed by atoms with van der Waals surface area (Å²) in [5, 5.41) is 10.7. The topological polar surface area (TPSA) is 23.8 Å². The molecule has 1 aliphatic carbocycles. The van der Waals surface area contributed by atoms with Gasteiger partial charge in [-0.15, -0.1) is 0 Å². The fourth-order valence-corrected chi connectivity index (χ4v) is 3.31. The van der Waals surface area contributed by atoms with Gasteiger partial charge >= 0.3 is 0 Å². The third-order valence-corrected chi connectivity index (χ3v) is 4.23. The molecule has 1 nitrogen and oxygen atoms in total. The number of benzene rings is 1. The summed E-state index contributed by atoms with van der Waals surface area (Å²) >= 11 is 12.4. The summed E-state index contributed by atoms with van der Waals surface area (Å²) in [6.07, 6.45) is 5.93. The molecule has 0 N–H and O–H groups in total. The Labute approximate surface area is 112 Å². The molecule has 90 valence electrons. The maximum Gasteiger partial charge on any atom is 0.0770 e. The van der Waals surface area contributed by atoms with Gasteiger partial charge in [0.15, 0.2) is 0 Å². The SMILES string of the molecule is N#CC(c1c(Cl)cccc1Cl)C1CCCCC1. The van der Waals surface area contributed by atoms with E-state index in [4.69, 9.17) is 23.2 Å². The second-order valence-corrected chi connectivity index (χ2v) is 5.45. The zero-order valence-corrected chi connectivity index (χ0v) is 11.1. The van der Waals surface area contributed by atoms with Crippen molar-refractivity contribution < 1.29 is 0 Å². The molecule has 17 heavy (non-hydrogen) atoms. The Kier molecular flexibility index (Phi) is 4.31. The molecule has 0 bridgehead atoms. The van der Waals surface area contributed by atoms with Crippen LogP contribution < -0.4 is 0 Å². The molecule has 0 spiro atoms. The number of nitrogens with zero attached hydrogens (tertiary/aromatic N) is 1. The average molecular weight is 268 g/mol. The van der Waals surface area contributed by atoms with E-state index in [0.717, 1.165) is 18.4 Å². The standard InChI is InChI=1S/C14H15Cl2N/c15-12-7-4-8-13(16)14(12)11(9-17)10-5-2-1-3-6-10/h4,7-8,10-11H,1-3,5-6H2. The van der Waals surface area contributed by atoms with Gasteiger partial charge in [-0.2, -0.15) is 5.26 Å². The van der Waals surface area contributed by atoms with Crippen LogP contribution in [0.3, 0.4) is 0 Å². The van der Waals surface area contributed by atoms with Crippen molar-refractivity contribution in [3.8, 4) is 6.07 Å². The van der Waals surface area contributed by atoms with Crippen LogP contribution in [0.15, 0.2) is 18.2 Å². The Morgan fingerprint density at radius 1 is 1.12 bits per heavy atom. The lowest BCUT2D eigenvalue weighted by Gasteiger charge is -2.27. The summed E-state index contributed by atoms with van der Waals surface area (Å²) in [6.45, 7) is 0. The number of hydrogen-bond donors (Lipinski definition) is 0. The zero-order valence-electron chi connectivity index (χ0n) is 9.63. The van der Waals surface area contributed by atoms with E-state index in [1.807, 2.05) is 18.2 Å². The molecule has 0 saturated heterocycles. The predicted molar refractivity (Wildman–Crippen MR) is 71.4 cm³/mol. The molecule has 1 aromatic rings. The second-order valence-electron chi connectivity index (χ2n) is 4.64. The quantitative estimate of drug-likeness (QED) is 0.724. The first-order chi connectivity index (χ1) is 8.24. The van der Waals surface area contributed by atoms with Crippen molar-refractivity contribution in [2.45, 2.75) is 38.0 Å². The third-order valence-electron chi connectivity index (χ3n) is 3.57. The van der Waals surface area contributed by atoms with E-state index in [0.29, 0.717) is 16.0 Å². The molecular weight excluding hydrogens is 253 g/mol. The molecule has 0 heterocycles. The molecular formula is C14H15Cl2N. The van der Waals surface area contributed by atoms with Gasteiger partial charge in [0.25, 0.3) is 0 Å². The Balaban J connectivity index is 2.32. The third kappa shape index (κ3) is 2.76. The van der Waals surface area contributed by atoms with Crippen molar-refractivity contribution in [2.24, 2.45) is 5.92 Å². The molecule has 0 aromatic heterocycles. The monoisotopic (exact) mass is 267 g/mol. The molecule has 1 saturated carbocycles. The summed E-state index contributed by atoms with van der Waals surface area (Å²) in [5.41, 5.74) is 0.824. The molecule has 1 unspecified atom stereocenters. The minimum Gasteiger partial charge on any atom is -0.198 e. The molecule has 3 heteroatoms. The van der Waals surface area contributed by atoms with E-state index < -0.39 is 0 Å². The van der Waals surface area contributed by atoms with Crippen LogP contribution in [0.1, 0.15) is 43.6 Å². The smallest absolute Gasteiger partial charge is 0.0770 e. The van der Waals surface area contributed by atoms with E-state index in [2.05, 4.69) is 6.07 Å². The lowest BCUT2D eigenvalue weighted by Crippen LogP contribution is -2.15. The maximum atomic E-state index is 9.41. The van der Waals surface area contributed by atoms with Crippen molar-refractivity contribution in [3.05, 3.63) is 33.8 Å². The van der Waals surface area contributed by atoms with Gasteiger partial charge < -0.3 is 0 Å². The highest BCUT2D eigenvalue weighted by Crippen LogP contribution is 2.41. The van der Waals surface area contributed by atoms with Gasteiger partial charge in [-0.25, -0.2) is 0 Å². The van der Waals surface area contributed by atoms with E-state index in [-0.39, 0.29) is 5.92 Å². The average Bonchev–Trinajstić information content (AvgIpc) is 2.35. The summed E-state index contributed by atoms with van der Waals surface area (Å²) in [6, 6.07) is 7.85. The van der Waals surface area contributed by atoms with E-state index >= 15 is 0 Å². The summed E-state index contributed by atoms with van der Waals surface area (Å²) in [7, 11) is 0. The van der Waals surface area contributed by atoms with Gasteiger partial charge in [0.05, 0.1) is 12.0 Å². The van der Waals surface area contributed by atoms with Crippen LogP contribution in [-0.4, -0.2) is 0 Å². The Hall–Kier alpha value is -0.710. The van der Waals surface area contributed by atoms with Gasteiger partial charge in [-0.1, -0.05) is 48.5 Å². The van der Waals surface area contributed by atoms with Crippen molar-refractivity contribution >= 4 is 23.2 Å². The predicted octanol–water partition coefficient (Wildman–Crippen LogP) is 5.18. The van der Waals surface area contributed by atoms with Crippen molar-refractivity contribution in [1.82, 2.24) is 0 Å². The fraction of sp³-hybridized carbons (Fsp3) is 0.500. The van der Waals surface area contributed by atoms with Gasteiger partial charge in [-0.3, -0.25) is 0 Å². The summed E-state index contributed by atoms with van der Waals surface area (Å²) in [4.78, 5) is 0. The van der Waals surface area contributed by atoms with E-state index in [9.17, 15) is 5.26 Å². The van der Waals surface area contributed by atoms with Crippen LogP contribution in [0.2, 0.25) is 10.0 Å². The van der Waals surface area contributed by atoms with Crippen LogP contribution in [0.4, 0.5) is 0 Å². The molecule has 0 radical (unpaired) electrons. The summed E-state index contributed by atoms with van der Waals surface area (Å²) in [5.74, 6) is 0.252. The zero-order chi connectivity index (χ0) is 12.3. The first-order valence-electron chi connectivity index (χ1n) is 6.07. The number of nitriles is 1. The van der Waals surface area contributed by atoms with Crippen LogP contribution in [0.5, 0.6) is 0 Å². The lowest BCUT2D eigenvalue weighted by atomic mass is 9.77. The van der Waals surface area contributed by atoms with Crippen LogP contribution in [0, 0.1) is 17.2 Å². The Bertz CT molecular complexity index is 410. The lowest BCUT2D eigenvalue weighted by molar-refractivity contribution is 0.336. The molecule has 1 aliphatic rings. The van der Waals surface area contributed by atoms with E-state index in [1.165, 1.54) is 19.3 Å². The highest BCUT2D eigenvalue weighted by atomic mass is 35.5. The van der Waals surface area contributed by atoms with Crippen LogP contribution in [-0.2, 0) is 0 Å². The molecule has 0 amide bonds. The number of rotatable bonds is 2. The summed E-state index contributed by atoms with van der Waals surface area (Å²) < 4.78 is 0. The van der Waals surface area contributed by atoms with E-state index in [1.54, 1.807) is 0 Å². The molecule has 1 atom stereocenters. The molecule has 2 rings (SSSR count). The molecule has 0 aliphatic heterocycles. The molecule has 1 fully saturated rings. The second kappa shape index (κ2) is 5.76. The largest absolute Gasteiger partial charge is 0.198 e. The van der Waals surface area contributed by atoms with Crippen molar-refractivity contribution in [1.29, 1.82) is 5.26 Å². The minimum atomic E-state index is -0.156. The van der Waals surface area contributed by atoms with Gasteiger partial charge in [-0.05, 0) is 30.9 Å². The van der Waals surface area contributed by atoms with Gasteiger partial charge in [0.1, 0.15) is 0 Å². The fourth-order valence-electron chi connectivity index (χ4n) is 2.68. The maximum absolute atomic E-state index is 9.41. The normalized spacial score (nSPS) is 18.6. The van der Waals surface area contributed by atoms with Crippen LogP contribution in [0.25, 0.3) is 0 Å². The van der Waals surface area contributed by atoms with Gasteiger partial charge in [0, 0.05) is 15.6 Å². The van der Waals surface area contributed by atoms with Crippen molar-refractivity contribution in [2.75, 3.05) is 0 Å². The number of hydrogen-bond acceptors (Lipinski definition) is 1. The first kappa shape index (κ1) is 12.7. The van der Waals surface area contributed by atoms with Gasteiger partial charge in [0.2, 0.25) is 0 Å². The van der Waals surface area contributed by atoms with Crippen LogP contribution >= 0.6 is 23.2 Å². The highest BCUT2D eigenvalue weighted by Gasteiger charge is 2.28. The Morgan fingerprint density at radius 2 is 1.71 bits per heavy atom. The minimum absolute atomic E-state index is 0.156.